The van der Waals surface area contributed by atoms with Crippen molar-refractivity contribution >= 4 is 17.9 Å². The average Bonchev–Trinajstić information content (AvgIpc) is 2.67. The maximum Gasteiger partial charge on any atom is 0.350 e. The van der Waals surface area contributed by atoms with Gasteiger partial charge >= 0.3 is 17.9 Å². The van der Waals surface area contributed by atoms with Gasteiger partial charge in [-0.05, 0) is 50.9 Å². The van der Waals surface area contributed by atoms with E-state index in [9.17, 15) is 14.4 Å². The molecule has 0 bridgehead atoms. The predicted octanol–water partition coefficient (Wildman–Crippen LogP) is 4.36. The number of unbranched alkanes of at least 4 members (excludes halogenated alkanes) is 2. The molecule has 0 spiro atoms. The number of hydrogen-bond acceptors (Lipinski definition) is 6. The maximum absolute atomic E-state index is 12.7. The maximum atomic E-state index is 12.7. The van der Waals surface area contributed by atoms with E-state index < -0.39 is 17.5 Å². The fraction of sp³-hybridized carbons (Fsp3) is 0.773. The van der Waals surface area contributed by atoms with Crippen LogP contribution in [-0.2, 0) is 28.6 Å². The second-order valence-electron chi connectivity index (χ2n) is 7.94. The van der Waals surface area contributed by atoms with E-state index in [0.717, 1.165) is 38.2 Å². The molecule has 1 aliphatic rings. The number of carbonyl (C=O) groups is 3. The van der Waals surface area contributed by atoms with Gasteiger partial charge in [0.2, 0.25) is 5.60 Å². The molecule has 0 aromatic rings. The van der Waals surface area contributed by atoms with Crippen molar-refractivity contribution in [2.45, 2.75) is 84.2 Å². The van der Waals surface area contributed by atoms with Crippen molar-refractivity contribution in [1.29, 1.82) is 0 Å². The Balaban J connectivity index is 2.61. The van der Waals surface area contributed by atoms with Crippen LogP contribution >= 0.6 is 0 Å². The molecule has 0 amide bonds. The zero-order valence-corrected chi connectivity index (χ0v) is 17.7. The molecule has 1 rings (SSSR count). The predicted molar refractivity (Wildman–Crippen MR) is 106 cm³/mol. The van der Waals surface area contributed by atoms with Gasteiger partial charge in [0.05, 0.1) is 19.1 Å². The van der Waals surface area contributed by atoms with Crippen molar-refractivity contribution in [2.75, 3.05) is 13.2 Å². The van der Waals surface area contributed by atoms with Crippen molar-refractivity contribution in [1.82, 2.24) is 0 Å². The van der Waals surface area contributed by atoms with Gasteiger partial charge in [-0.1, -0.05) is 40.2 Å². The number of carbonyl (C=O) groups excluding carboxylic acids is 3. The molecule has 0 radical (unpaired) electrons. The molecule has 0 saturated heterocycles. The molecule has 160 valence electrons. The van der Waals surface area contributed by atoms with Crippen LogP contribution in [-0.4, -0.2) is 36.7 Å². The van der Waals surface area contributed by atoms with Gasteiger partial charge in [-0.15, -0.1) is 0 Å². The van der Waals surface area contributed by atoms with Gasteiger partial charge in [0, 0.05) is 6.08 Å². The Hall–Kier alpha value is -1.85. The lowest BCUT2D eigenvalue weighted by molar-refractivity contribution is -0.186. The summed E-state index contributed by atoms with van der Waals surface area (Å²) in [6.07, 6.45) is 7.05. The van der Waals surface area contributed by atoms with Gasteiger partial charge < -0.3 is 14.2 Å². The van der Waals surface area contributed by atoms with Crippen LogP contribution in [0.4, 0.5) is 0 Å². The molecule has 1 fully saturated rings. The van der Waals surface area contributed by atoms with E-state index in [1.165, 1.54) is 0 Å². The van der Waals surface area contributed by atoms with Crippen LogP contribution < -0.4 is 0 Å². The highest BCUT2D eigenvalue weighted by molar-refractivity contribution is 5.88. The third-order valence-corrected chi connectivity index (χ3v) is 5.11. The molecular weight excluding hydrogens is 360 g/mol. The molecule has 0 unspecified atom stereocenters. The van der Waals surface area contributed by atoms with Gasteiger partial charge in [-0.25, -0.2) is 9.59 Å². The lowest BCUT2D eigenvalue weighted by Gasteiger charge is -2.36. The highest BCUT2D eigenvalue weighted by Gasteiger charge is 2.48. The Kier molecular flexibility index (Phi) is 10.9. The van der Waals surface area contributed by atoms with E-state index in [-0.39, 0.29) is 24.7 Å². The van der Waals surface area contributed by atoms with E-state index in [0.29, 0.717) is 32.0 Å². The Morgan fingerprint density at radius 2 is 1.71 bits per heavy atom. The zero-order chi connectivity index (χ0) is 21.0. The summed E-state index contributed by atoms with van der Waals surface area (Å²) in [5, 5.41) is 0. The Morgan fingerprint density at radius 3 is 2.29 bits per heavy atom. The number of hydrogen-bond donors (Lipinski definition) is 0. The van der Waals surface area contributed by atoms with Crippen LogP contribution in [0.5, 0.6) is 0 Å². The summed E-state index contributed by atoms with van der Waals surface area (Å²) in [5.74, 6) is -1.07. The van der Waals surface area contributed by atoms with Crippen LogP contribution in [0.15, 0.2) is 12.7 Å². The van der Waals surface area contributed by atoms with Crippen LogP contribution in [0, 0.1) is 11.8 Å². The topological polar surface area (TPSA) is 78.9 Å². The van der Waals surface area contributed by atoms with Gasteiger partial charge in [-0.3, -0.25) is 4.79 Å². The second kappa shape index (κ2) is 12.6. The summed E-state index contributed by atoms with van der Waals surface area (Å²) in [5.41, 5.74) is -1.33. The van der Waals surface area contributed by atoms with Crippen molar-refractivity contribution in [3.05, 3.63) is 12.7 Å². The number of ether oxygens (including phenoxy) is 3. The number of rotatable bonds is 12. The van der Waals surface area contributed by atoms with Crippen LogP contribution in [0.3, 0.4) is 0 Å². The summed E-state index contributed by atoms with van der Waals surface area (Å²) < 4.78 is 16.1. The van der Waals surface area contributed by atoms with Crippen LogP contribution in [0.2, 0.25) is 0 Å². The summed E-state index contributed by atoms with van der Waals surface area (Å²) in [6, 6.07) is 0. The van der Waals surface area contributed by atoms with Gasteiger partial charge in [0.1, 0.15) is 0 Å². The fourth-order valence-electron chi connectivity index (χ4n) is 3.29. The summed E-state index contributed by atoms with van der Waals surface area (Å²) in [4.78, 5) is 36.7. The van der Waals surface area contributed by atoms with Gasteiger partial charge in [-0.2, -0.15) is 0 Å². The second-order valence-corrected chi connectivity index (χ2v) is 7.94. The monoisotopic (exact) mass is 396 g/mol. The largest absolute Gasteiger partial charge is 0.465 e. The molecule has 0 aliphatic heterocycles. The molecule has 28 heavy (non-hydrogen) atoms. The minimum absolute atomic E-state index is 0.237. The number of esters is 3. The molecule has 1 saturated carbocycles. The first-order valence-electron chi connectivity index (χ1n) is 10.5. The van der Waals surface area contributed by atoms with Crippen molar-refractivity contribution < 1.29 is 28.6 Å². The first-order chi connectivity index (χ1) is 13.3. The van der Waals surface area contributed by atoms with E-state index in [2.05, 4.69) is 20.4 Å². The molecule has 0 aromatic heterocycles. The zero-order valence-electron chi connectivity index (χ0n) is 17.7. The lowest BCUT2D eigenvalue weighted by Crippen LogP contribution is -2.48. The highest BCUT2D eigenvalue weighted by Crippen LogP contribution is 2.37. The molecule has 0 N–H and O–H groups in total. The molecule has 1 aliphatic carbocycles. The molecule has 6 nitrogen and oxygen atoms in total. The van der Waals surface area contributed by atoms with Gasteiger partial charge in [0.25, 0.3) is 0 Å². The van der Waals surface area contributed by atoms with Crippen LogP contribution in [0.1, 0.15) is 78.6 Å². The first-order valence-corrected chi connectivity index (χ1v) is 10.5. The lowest BCUT2D eigenvalue weighted by atomic mass is 9.78. The normalized spacial score (nSPS) is 21.8. The average molecular weight is 397 g/mol. The SMILES string of the molecule is C=CC(=O)OC1(C(=O)OCCCCC(C)C)CCC(C(=O)OCCCC)CC1. The van der Waals surface area contributed by atoms with Crippen molar-refractivity contribution in [2.24, 2.45) is 11.8 Å². The Bertz CT molecular complexity index is 517. The first kappa shape index (κ1) is 24.2. The molecule has 0 atom stereocenters. The van der Waals surface area contributed by atoms with Crippen LogP contribution in [0.25, 0.3) is 0 Å². The third-order valence-electron chi connectivity index (χ3n) is 5.11. The van der Waals surface area contributed by atoms with E-state index in [1.807, 2.05) is 6.92 Å². The third kappa shape index (κ3) is 8.03. The van der Waals surface area contributed by atoms with Crippen molar-refractivity contribution in [3.63, 3.8) is 0 Å². The minimum Gasteiger partial charge on any atom is -0.465 e. The molecule has 6 heteroatoms. The molecule has 0 heterocycles. The van der Waals surface area contributed by atoms with Gasteiger partial charge in [0.15, 0.2) is 0 Å². The van der Waals surface area contributed by atoms with E-state index in [4.69, 9.17) is 14.2 Å². The van der Waals surface area contributed by atoms with Crippen molar-refractivity contribution in [3.8, 4) is 0 Å². The van der Waals surface area contributed by atoms with E-state index in [1.54, 1.807) is 0 Å². The summed E-state index contributed by atoms with van der Waals surface area (Å²) >= 11 is 0. The summed E-state index contributed by atoms with van der Waals surface area (Å²) in [6.45, 7) is 10.5. The van der Waals surface area contributed by atoms with E-state index >= 15 is 0 Å². The Labute approximate surface area is 169 Å². The fourth-order valence-corrected chi connectivity index (χ4v) is 3.29. The molecular formula is C22H36O6. The quantitative estimate of drug-likeness (QED) is 0.211. The standard InChI is InChI=1S/C22H36O6/c1-5-7-15-26-20(24)18-11-13-22(14-12-18,28-19(23)6-2)21(25)27-16-9-8-10-17(3)4/h6,17-18H,2,5,7-16H2,1,3-4H3. The Morgan fingerprint density at radius 1 is 1.07 bits per heavy atom. The minimum atomic E-state index is -1.33. The molecule has 0 aromatic carbocycles. The highest BCUT2D eigenvalue weighted by atomic mass is 16.6. The summed E-state index contributed by atoms with van der Waals surface area (Å²) in [7, 11) is 0. The smallest absolute Gasteiger partial charge is 0.350 e.